The Labute approximate surface area is 49.9 Å². The Morgan fingerprint density at radius 1 is 2.00 bits per heavy atom. The van der Waals surface area contributed by atoms with Crippen LogP contribution in [0.3, 0.4) is 0 Å². The molecule has 1 unspecified atom stereocenters. The molecule has 8 heavy (non-hydrogen) atoms. The molecule has 0 saturated carbocycles. The van der Waals surface area contributed by atoms with Crippen molar-refractivity contribution in [3.63, 3.8) is 0 Å². The molecule has 0 fully saturated rings. The molecule has 0 aliphatic rings. The molecular formula is C4H5NO2S. The number of nitriles is 1. The molecule has 0 aromatic carbocycles. The molecule has 0 radical (unpaired) electrons. The summed E-state index contributed by atoms with van der Waals surface area (Å²) in [6, 6.07) is 1.56. The normalized spacial score (nSPS) is 14.9. The molecule has 0 aliphatic carbocycles. The fourth-order valence-electron chi connectivity index (χ4n) is 0.204. The van der Waals surface area contributed by atoms with E-state index in [2.05, 4.69) is 0 Å². The van der Waals surface area contributed by atoms with E-state index in [1.165, 1.54) is 13.0 Å². The first kappa shape index (κ1) is 7.34. The average molecular weight is 131 g/mol. The largest absolute Gasteiger partial charge is 0.302 e. The van der Waals surface area contributed by atoms with Crippen molar-refractivity contribution in [2.75, 3.05) is 0 Å². The maximum absolute atomic E-state index is 9.98. The van der Waals surface area contributed by atoms with Crippen molar-refractivity contribution in [1.29, 1.82) is 5.26 Å². The molecule has 0 saturated heterocycles. The minimum atomic E-state index is -2.10. The summed E-state index contributed by atoms with van der Waals surface area (Å²) >= 11 is -2.10. The van der Waals surface area contributed by atoms with Crippen LogP contribution in [0.5, 0.6) is 0 Å². The molecule has 1 N–H and O–H groups in total. The van der Waals surface area contributed by atoms with Crippen molar-refractivity contribution in [3.05, 3.63) is 11.0 Å². The summed E-state index contributed by atoms with van der Waals surface area (Å²) in [6.45, 7) is 1.53. The Bertz CT molecular complexity index is 167. The van der Waals surface area contributed by atoms with E-state index in [-0.39, 0.29) is 4.91 Å². The standard InChI is InChI=1S/C4H5NO2S/c1-2-4(3-5)8(6)7/h2H,1H3,(H,6,7). The van der Waals surface area contributed by atoms with Crippen molar-refractivity contribution < 1.29 is 8.76 Å². The second-order valence-electron chi connectivity index (χ2n) is 1.01. The highest BCUT2D eigenvalue weighted by Gasteiger charge is 1.97. The SMILES string of the molecule is CC=C(C#N)S(=O)O. The highest BCUT2D eigenvalue weighted by atomic mass is 32.2. The van der Waals surface area contributed by atoms with Crippen LogP contribution in [-0.2, 0) is 11.1 Å². The van der Waals surface area contributed by atoms with E-state index in [0.29, 0.717) is 0 Å². The number of nitrogens with zero attached hydrogens (tertiary/aromatic N) is 1. The van der Waals surface area contributed by atoms with E-state index >= 15 is 0 Å². The van der Waals surface area contributed by atoms with E-state index in [1.54, 1.807) is 6.07 Å². The lowest BCUT2D eigenvalue weighted by molar-refractivity contribution is 0.572. The van der Waals surface area contributed by atoms with Gasteiger partial charge in [-0.25, -0.2) is 4.21 Å². The van der Waals surface area contributed by atoms with Crippen molar-refractivity contribution in [3.8, 4) is 6.07 Å². The lowest BCUT2D eigenvalue weighted by Crippen LogP contribution is -1.87. The van der Waals surface area contributed by atoms with Crippen LogP contribution >= 0.6 is 0 Å². The van der Waals surface area contributed by atoms with Crippen molar-refractivity contribution in [2.45, 2.75) is 6.92 Å². The van der Waals surface area contributed by atoms with E-state index in [9.17, 15) is 4.21 Å². The molecule has 0 rings (SSSR count). The molecule has 3 nitrogen and oxygen atoms in total. The predicted octanol–water partition coefficient (Wildman–Crippen LogP) is 0.635. The fraction of sp³-hybridized carbons (Fsp3) is 0.250. The van der Waals surface area contributed by atoms with Crippen molar-refractivity contribution >= 4 is 11.1 Å². The predicted molar refractivity (Wildman–Crippen MR) is 30.1 cm³/mol. The number of hydrogen-bond acceptors (Lipinski definition) is 2. The van der Waals surface area contributed by atoms with Gasteiger partial charge in [-0.05, 0) is 6.92 Å². The van der Waals surface area contributed by atoms with Crippen LogP contribution in [-0.4, -0.2) is 8.76 Å². The second kappa shape index (κ2) is 3.36. The molecular weight excluding hydrogens is 126 g/mol. The zero-order valence-corrected chi connectivity index (χ0v) is 5.10. The zero-order valence-electron chi connectivity index (χ0n) is 4.29. The van der Waals surface area contributed by atoms with Crippen LogP contribution in [0.4, 0.5) is 0 Å². The highest BCUT2D eigenvalue weighted by molar-refractivity contribution is 7.83. The number of rotatable bonds is 1. The van der Waals surface area contributed by atoms with Crippen molar-refractivity contribution in [2.24, 2.45) is 0 Å². The third-order valence-electron chi connectivity index (χ3n) is 0.561. The topological polar surface area (TPSA) is 61.1 Å². The van der Waals surface area contributed by atoms with E-state index < -0.39 is 11.1 Å². The van der Waals surface area contributed by atoms with Gasteiger partial charge in [0.1, 0.15) is 11.0 Å². The summed E-state index contributed by atoms with van der Waals surface area (Å²) in [6.07, 6.45) is 1.30. The molecule has 0 aromatic rings. The maximum Gasteiger partial charge on any atom is 0.197 e. The molecule has 0 aromatic heterocycles. The van der Waals surface area contributed by atoms with Gasteiger partial charge in [-0.15, -0.1) is 0 Å². The summed E-state index contributed by atoms with van der Waals surface area (Å²) in [5.74, 6) is 0. The fourth-order valence-corrected chi connectivity index (χ4v) is 0.484. The average Bonchev–Trinajstić information content (AvgIpc) is 1.69. The van der Waals surface area contributed by atoms with Gasteiger partial charge in [-0.3, -0.25) is 0 Å². The van der Waals surface area contributed by atoms with Crippen LogP contribution in [0, 0.1) is 11.3 Å². The molecule has 0 spiro atoms. The Balaban J connectivity index is 4.20. The van der Waals surface area contributed by atoms with E-state index in [0.717, 1.165) is 0 Å². The summed E-state index contributed by atoms with van der Waals surface area (Å²) in [4.78, 5) is -0.106. The third-order valence-corrected chi connectivity index (χ3v) is 1.26. The quantitative estimate of drug-likeness (QED) is 0.419. The van der Waals surface area contributed by atoms with Gasteiger partial charge in [0.05, 0.1) is 0 Å². The molecule has 0 aliphatic heterocycles. The van der Waals surface area contributed by atoms with Gasteiger partial charge < -0.3 is 4.55 Å². The van der Waals surface area contributed by atoms with Crippen LogP contribution in [0.25, 0.3) is 0 Å². The second-order valence-corrected chi connectivity index (χ2v) is 1.95. The molecule has 0 bridgehead atoms. The minimum absolute atomic E-state index is 0.106. The van der Waals surface area contributed by atoms with Gasteiger partial charge in [0, 0.05) is 0 Å². The lowest BCUT2D eigenvalue weighted by atomic mass is 10.6. The molecule has 4 heteroatoms. The van der Waals surface area contributed by atoms with Crippen molar-refractivity contribution in [1.82, 2.24) is 0 Å². The highest BCUT2D eigenvalue weighted by Crippen LogP contribution is 1.93. The zero-order chi connectivity index (χ0) is 6.57. The lowest BCUT2D eigenvalue weighted by Gasteiger charge is -1.82. The van der Waals surface area contributed by atoms with Gasteiger partial charge in [0.25, 0.3) is 0 Å². The summed E-state index contributed by atoms with van der Waals surface area (Å²) in [5, 5.41) is 8.03. The van der Waals surface area contributed by atoms with Gasteiger partial charge in [0.15, 0.2) is 11.1 Å². The Morgan fingerprint density at radius 3 is 2.50 bits per heavy atom. The van der Waals surface area contributed by atoms with Gasteiger partial charge in [-0.1, -0.05) is 6.08 Å². The summed E-state index contributed by atoms with van der Waals surface area (Å²) in [5.41, 5.74) is 0. The first-order valence-electron chi connectivity index (χ1n) is 1.89. The van der Waals surface area contributed by atoms with E-state index in [4.69, 9.17) is 9.81 Å². The Hall–Kier alpha value is -0.660. The van der Waals surface area contributed by atoms with E-state index in [1.807, 2.05) is 0 Å². The van der Waals surface area contributed by atoms with Crippen LogP contribution in [0.1, 0.15) is 6.92 Å². The van der Waals surface area contributed by atoms with Gasteiger partial charge in [-0.2, -0.15) is 5.26 Å². The van der Waals surface area contributed by atoms with Gasteiger partial charge >= 0.3 is 0 Å². The number of allylic oxidation sites excluding steroid dienone is 2. The summed E-state index contributed by atoms with van der Waals surface area (Å²) < 4.78 is 18.2. The number of hydrogen-bond donors (Lipinski definition) is 1. The first-order chi connectivity index (χ1) is 3.72. The maximum atomic E-state index is 9.98. The molecule has 0 amide bonds. The van der Waals surface area contributed by atoms with Gasteiger partial charge in [0.2, 0.25) is 0 Å². The van der Waals surface area contributed by atoms with Crippen LogP contribution in [0.2, 0.25) is 0 Å². The Kier molecular flexibility index (Phi) is 3.08. The van der Waals surface area contributed by atoms with Crippen LogP contribution < -0.4 is 0 Å². The minimum Gasteiger partial charge on any atom is -0.302 e. The van der Waals surface area contributed by atoms with Crippen LogP contribution in [0.15, 0.2) is 11.0 Å². The molecule has 0 heterocycles. The Morgan fingerprint density at radius 2 is 2.50 bits per heavy atom. The summed E-state index contributed by atoms with van der Waals surface area (Å²) in [7, 11) is 0. The third kappa shape index (κ3) is 1.87. The first-order valence-corrected chi connectivity index (χ1v) is 3.00. The molecule has 1 atom stereocenters. The monoisotopic (exact) mass is 131 g/mol. The molecule has 44 valence electrons. The smallest absolute Gasteiger partial charge is 0.197 e.